The third kappa shape index (κ3) is 7.41. The van der Waals surface area contributed by atoms with E-state index in [1.54, 1.807) is 45.8 Å². The maximum atomic E-state index is 12.3. The Morgan fingerprint density at radius 1 is 0.423 bits per heavy atom. The molecule has 12 heteroatoms. The summed E-state index contributed by atoms with van der Waals surface area (Å²) >= 11 is 0. The topological polar surface area (TPSA) is 139 Å². The van der Waals surface area contributed by atoms with Gasteiger partial charge in [0.1, 0.15) is 0 Å². The van der Waals surface area contributed by atoms with Crippen molar-refractivity contribution in [3.63, 3.8) is 0 Å². The number of nitrogens with zero attached hydrogens (tertiary/aromatic N) is 4. The zero-order chi connectivity index (χ0) is 36.8. The first-order valence-electron chi connectivity index (χ1n) is 15.8. The van der Waals surface area contributed by atoms with E-state index in [1.807, 2.05) is 73.3 Å². The number of esters is 4. The van der Waals surface area contributed by atoms with Gasteiger partial charge in [-0.1, -0.05) is 0 Å². The fourth-order valence-electron chi connectivity index (χ4n) is 5.55. The Kier molecular flexibility index (Phi) is 10.2. The summed E-state index contributed by atoms with van der Waals surface area (Å²) in [5.74, 6) is -2.28. The van der Waals surface area contributed by atoms with Crippen LogP contribution in [0.2, 0.25) is 0 Å². The van der Waals surface area contributed by atoms with Gasteiger partial charge >= 0.3 is 23.9 Å². The number of pyridine rings is 4. The second-order valence-corrected chi connectivity index (χ2v) is 11.4. The molecule has 0 radical (unpaired) electrons. The lowest BCUT2D eigenvalue weighted by Crippen LogP contribution is -2.30. The number of hydrogen-bond acceptors (Lipinski definition) is 10. The third-order valence-corrected chi connectivity index (χ3v) is 8.22. The van der Waals surface area contributed by atoms with Gasteiger partial charge in [0, 0.05) is 60.9 Å². The van der Waals surface area contributed by atoms with Gasteiger partial charge in [-0.05, 0) is 58.7 Å². The van der Waals surface area contributed by atoms with Gasteiger partial charge in [-0.2, -0.15) is 9.13 Å². The van der Waals surface area contributed by atoms with Crippen LogP contribution in [0.1, 0.15) is 41.4 Å². The number of rotatable bonds is 9. The molecule has 0 saturated carbocycles. The molecule has 6 aromatic rings. The van der Waals surface area contributed by atoms with Crippen molar-refractivity contribution in [1.29, 1.82) is 0 Å². The van der Waals surface area contributed by atoms with Crippen molar-refractivity contribution >= 4 is 23.9 Å². The highest BCUT2D eigenvalue weighted by Crippen LogP contribution is 2.27. The van der Waals surface area contributed by atoms with Crippen molar-refractivity contribution in [2.24, 2.45) is 0 Å². The molecule has 4 heterocycles. The molecular formula is C40H32N4O8+2. The molecule has 0 saturated heterocycles. The van der Waals surface area contributed by atoms with Crippen LogP contribution >= 0.6 is 0 Å². The van der Waals surface area contributed by atoms with Crippen LogP contribution in [0.25, 0.3) is 45.0 Å². The van der Waals surface area contributed by atoms with Crippen LogP contribution in [0.4, 0.5) is 0 Å². The van der Waals surface area contributed by atoms with Crippen molar-refractivity contribution < 1.29 is 47.3 Å². The molecule has 0 unspecified atom stereocenters. The van der Waals surface area contributed by atoms with Gasteiger partial charge in [0.05, 0.1) is 62.1 Å². The molecule has 0 atom stereocenters. The molecule has 258 valence electrons. The van der Waals surface area contributed by atoms with E-state index >= 15 is 0 Å². The Hall–Kier alpha value is -7.08. The van der Waals surface area contributed by atoms with E-state index in [0.717, 1.165) is 22.3 Å². The summed E-state index contributed by atoms with van der Waals surface area (Å²) in [6.45, 7) is 0. The number of methoxy groups -OCH3 is 4. The number of benzene rings is 2. The number of carbonyl (C=O) groups excluding carboxylic acids is 4. The quantitative estimate of drug-likeness (QED) is 0.113. The Balaban J connectivity index is 1.25. The molecule has 6 rings (SSSR count). The molecule has 0 N–H and O–H groups in total. The molecule has 12 nitrogen and oxygen atoms in total. The predicted octanol–water partition coefficient (Wildman–Crippen LogP) is 5.18. The van der Waals surface area contributed by atoms with E-state index in [0.29, 0.717) is 22.8 Å². The van der Waals surface area contributed by atoms with E-state index in [-0.39, 0.29) is 22.3 Å². The molecule has 0 aliphatic rings. The normalized spacial score (nSPS) is 10.6. The van der Waals surface area contributed by atoms with Crippen LogP contribution < -0.4 is 9.13 Å². The summed E-state index contributed by atoms with van der Waals surface area (Å²) in [6, 6.07) is 24.8. The SMILES string of the molecule is COC(=O)c1cc(C(=O)OC)cc(-[n+]2ccc(-c3ccnc(-c4cc(-c5cc[n+](-c6cc(C(=O)OC)cc(C(=O)OC)c6)cc5)ccn4)c3)cc2)c1. The van der Waals surface area contributed by atoms with Crippen LogP contribution in [0.15, 0.2) is 122 Å². The number of aromatic nitrogens is 4. The maximum Gasteiger partial charge on any atom is 0.338 e. The Morgan fingerprint density at radius 3 is 1.02 bits per heavy atom. The Morgan fingerprint density at radius 2 is 0.731 bits per heavy atom. The second kappa shape index (κ2) is 15.2. The van der Waals surface area contributed by atoms with Crippen molar-refractivity contribution in [3.05, 3.63) is 144 Å². The summed E-state index contributed by atoms with van der Waals surface area (Å²) in [5, 5.41) is 0. The number of ether oxygens (including phenoxy) is 4. The van der Waals surface area contributed by atoms with Crippen LogP contribution in [0.5, 0.6) is 0 Å². The smallest absolute Gasteiger partial charge is 0.338 e. The average Bonchev–Trinajstić information content (AvgIpc) is 3.22. The lowest BCUT2D eigenvalue weighted by molar-refractivity contribution is -0.595. The summed E-state index contributed by atoms with van der Waals surface area (Å²) in [7, 11) is 5.12. The highest BCUT2D eigenvalue weighted by atomic mass is 16.5. The number of carbonyl (C=O) groups is 4. The molecule has 0 amide bonds. The fourth-order valence-corrected chi connectivity index (χ4v) is 5.55. The van der Waals surface area contributed by atoms with Gasteiger partial charge in [-0.3, -0.25) is 9.97 Å². The summed E-state index contributed by atoms with van der Waals surface area (Å²) < 4.78 is 23.0. The van der Waals surface area contributed by atoms with Gasteiger partial charge in [0.2, 0.25) is 11.4 Å². The molecule has 52 heavy (non-hydrogen) atoms. The predicted molar refractivity (Wildman–Crippen MR) is 187 cm³/mol. The van der Waals surface area contributed by atoms with Crippen molar-refractivity contribution in [2.75, 3.05) is 28.4 Å². The highest BCUT2D eigenvalue weighted by Gasteiger charge is 2.20. The molecule has 0 bridgehead atoms. The monoisotopic (exact) mass is 696 g/mol. The van der Waals surface area contributed by atoms with Crippen LogP contribution in [0, 0.1) is 0 Å². The molecule has 0 aliphatic heterocycles. The Bertz CT molecular complexity index is 2090. The highest BCUT2D eigenvalue weighted by molar-refractivity contribution is 5.97. The summed E-state index contributed by atoms with van der Waals surface area (Å²) in [4.78, 5) is 58.2. The summed E-state index contributed by atoms with van der Waals surface area (Å²) in [5.41, 5.74) is 7.03. The minimum atomic E-state index is -0.569. The van der Waals surface area contributed by atoms with Gasteiger partial charge in [-0.25, -0.2) is 19.2 Å². The molecule has 0 aliphatic carbocycles. The standard InChI is InChI=1S/C40H32N4O8/c1-49-37(45)29-17-30(38(46)50-2)20-33(19-29)43-13-7-25(8-14-43)27-5-11-41-35(23-27)36-24-28(6-12-42-36)26-9-15-44(16-10-26)34-21-31(39(47)51-3)18-32(22-34)40(48)52-4/h5-24H,1-4H3/q+2. The zero-order valence-electron chi connectivity index (χ0n) is 28.6. The van der Waals surface area contributed by atoms with E-state index in [1.165, 1.54) is 40.6 Å². The first kappa shape index (κ1) is 34.8. The second-order valence-electron chi connectivity index (χ2n) is 11.4. The Labute approximate surface area is 298 Å². The third-order valence-electron chi connectivity index (χ3n) is 8.22. The maximum absolute atomic E-state index is 12.3. The van der Waals surface area contributed by atoms with Gasteiger partial charge in [0.25, 0.3) is 0 Å². The van der Waals surface area contributed by atoms with E-state index in [4.69, 9.17) is 18.9 Å². The first-order valence-corrected chi connectivity index (χ1v) is 15.8. The minimum Gasteiger partial charge on any atom is -0.465 e. The van der Waals surface area contributed by atoms with Crippen molar-refractivity contribution in [1.82, 2.24) is 9.97 Å². The van der Waals surface area contributed by atoms with Gasteiger partial charge < -0.3 is 18.9 Å². The lowest BCUT2D eigenvalue weighted by Gasteiger charge is -2.08. The molecule has 0 spiro atoms. The van der Waals surface area contributed by atoms with E-state index < -0.39 is 23.9 Å². The van der Waals surface area contributed by atoms with Crippen LogP contribution in [-0.4, -0.2) is 62.3 Å². The van der Waals surface area contributed by atoms with Gasteiger partial charge in [0.15, 0.2) is 24.8 Å². The number of hydrogen-bond donors (Lipinski definition) is 0. The molecule has 4 aromatic heterocycles. The van der Waals surface area contributed by atoms with E-state index in [2.05, 4.69) is 9.97 Å². The van der Waals surface area contributed by atoms with Crippen molar-refractivity contribution in [2.45, 2.75) is 0 Å². The summed E-state index contributed by atoms with van der Waals surface area (Å²) in [6.07, 6.45) is 10.8. The molecular weight excluding hydrogens is 664 g/mol. The first-order chi connectivity index (χ1) is 25.2. The van der Waals surface area contributed by atoms with Crippen LogP contribution in [0.3, 0.4) is 0 Å². The zero-order valence-corrected chi connectivity index (χ0v) is 28.6. The molecule has 0 fully saturated rings. The molecule has 2 aromatic carbocycles. The van der Waals surface area contributed by atoms with Crippen LogP contribution in [-0.2, 0) is 18.9 Å². The van der Waals surface area contributed by atoms with Gasteiger partial charge in [-0.15, -0.1) is 0 Å². The fraction of sp³-hybridized carbons (Fsp3) is 0.100. The largest absolute Gasteiger partial charge is 0.465 e. The minimum absolute atomic E-state index is 0.222. The lowest BCUT2D eigenvalue weighted by atomic mass is 10.0. The average molecular weight is 697 g/mol. The van der Waals surface area contributed by atoms with Crippen molar-refractivity contribution in [3.8, 4) is 45.0 Å². The van der Waals surface area contributed by atoms with E-state index in [9.17, 15) is 19.2 Å².